The van der Waals surface area contributed by atoms with Gasteiger partial charge in [0.25, 0.3) is 0 Å². The van der Waals surface area contributed by atoms with Crippen LogP contribution in [0.5, 0.6) is 0 Å². The van der Waals surface area contributed by atoms with E-state index in [-0.39, 0.29) is 0 Å². The molecular weight excluding hydrogens is 85.8 g/mol. The first-order valence-corrected chi connectivity index (χ1v) is 3.78. The van der Waals surface area contributed by atoms with Gasteiger partial charge in [0.05, 0.1) is 0 Å². The van der Waals surface area contributed by atoms with Gasteiger partial charge in [0.2, 0.25) is 9.00 Å². The molecular formula is CH6BO2P. The van der Waals surface area contributed by atoms with Crippen molar-refractivity contribution in [1.82, 2.24) is 0 Å². The SMILES string of the molecule is [2H]OP(B)(C)=O. The topological polar surface area (TPSA) is 37.3 Å². The van der Waals surface area contributed by atoms with Gasteiger partial charge in [-0.3, -0.25) is 0 Å². The molecule has 4 heteroatoms. The molecule has 0 radical (unpaired) electrons. The molecule has 0 saturated carbocycles. The summed E-state index contributed by atoms with van der Waals surface area (Å²) < 4.78 is 16.3. The molecule has 1 N–H and O–H groups in total. The van der Waals surface area contributed by atoms with Gasteiger partial charge in [-0.15, -0.1) is 0 Å². The zero-order chi connectivity index (χ0) is 5.21. The summed E-state index contributed by atoms with van der Waals surface area (Å²) in [6.07, 6.45) is 0. The van der Waals surface area contributed by atoms with Gasteiger partial charge in [-0.1, -0.05) is 0 Å². The molecule has 0 aromatic rings. The van der Waals surface area contributed by atoms with Crippen LogP contribution in [-0.4, -0.2) is 20.6 Å². The highest BCUT2D eigenvalue weighted by atomic mass is 31.2. The van der Waals surface area contributed by atoms with E-state index in [0.717, 1.165) is 0 Å². The molecule has 1 unspecified atom stereocenters. The van der Waals surface area contributed by atoms with E-state index in [4.69, 9.17) is 1.43 Å². The van der Waals surface area contributed by atoms with Crippen LogP contribution in [0.4, 0.5) is 0 Å². The van der Waals surface area contributed by atoms with E-state index < -0.39 is 7.25 Å². The smallest absolute Gasteiger partial charge is 0.218 e. The van der Waals surface area contributed by atoms with Crippen LogP contribution in [-0.2, 0) is 4.57 Å². The monoisotopic (exact) mass is 93.0 g/mol. The van der Waals surface area contributed by atoms with E-state index in [2.05, 4.69) is 4.90 Å². The van der Waals surface area contributed by atoms with Crippen LogP contribution in [0.2, 0.25) is 0 Å². The van der Waals surface area contributed by atoms with E-state index in [1.807, 2.05) is 0 Å². The molecule has 30 valence electrons. The van der Waals surface area contributed by atoms with Gasteiger partial charge < -0.3 is 9.46 Å². The van der Waals surface area contributed by atoms with Crippen molar-refractivity contribution in [3.05, 3.63) is 0 Å². The third-order valence-electron chi connectivity index (χ3n) is 0. The van der Waals surface area contributed by atoms with Crippen molar-refractivity contribution in [2.45, 2.75) is 0 Å². The zero-order valence-electron chi connectivity index (χ0n) is 4.26. The van der Waals surface area contributed by atoms with Crippen molar-refractivity contribution < 1.29 is 9.46 Å². The van der Waals surface area contributed by atoms with Gasteiger partial charge in [0.1, 0.15) is 7.25 Å². The lowest BCUT2D eigenvalue weighted by Gasteiger charge is -1.86. The average molecular weight is 92.8 g/mol. The van der Waals surface area contributed by atoms with Crippen LogP contribution < -0.4 is 0 Å². The first-order valence-electron chi connectivity index (χ1n) is 1.67. The lowest BCUT2D eigenvalue weighted by atomic mass is 10.8. The Morgan fingerprint density at radius 2 is 2.60 bits per heavy atom. The molecule has 0 fully saturated rings. The van der Waals surface area contributed by atoms with Crippen LogP contribution in [0.25, 0.3) is 0 Å². The van der Waals surface area contributed by atoms with Crippen molar-refractivity contribution >= 4 is 14.8 Å². The lowest BCUT2D eigenvalue weighted by Crippen LogP contribution is -1.66. The fourth-order valence-electron chi connectivity index (χ4n) is 0. The van der Waals surface area contributed by atoms with Crippen molar-refractivity contribution in [3.63, 3.8) is 0 Å². The molecule has 0 saturated heterocycles. The molecule has 0 aromatic carbocycles. The molecule has 0 aliphatic carbocycles. The van der Waals surface area contributed by atoms with E-state index in [9.17, 15) is 4.57 Å². The van der Waals surface area contributed by atoms with E-state index in [1.165, 1.54) is 14.2 Å². The average Bonchev–Trinajstić information content (AvgIpc) is 1.35. The van der Waals surface area contributed by atoms with Crippen LogP contribution in [0.3, 0.4) is 0 Å². The van der Waals surface area contributed by atoms with E-state index >= 15 is 0 Å². The maximum absolute atomic E-state index is 10.2. The zero-order valence-corrected chi connectivity index (χ0v) is 4.16. The highest BCUT2D eigenvalue weighted by molar-refractivity contribution is 7.82. The summed E-state index contributed by atoms with van der Waals surface area (Å²) >= 11 is 0. The molecule has 1 atom stereocenters. The standard InChI is InChI=1S/CH6BO2P/c1-5(2,3)4/h2H2,1H3,(H,3,4)/i/hD. The molecule has 0 bridgehead atoms. The predicted octanol–water partition coefficient (Wildman–Crippen LogP) is -0.565. The minimum absolute atomic E-state index is 1.39. The van der Waals surface area contributed by atoms with E-state index in [1.54, 1.807) is 0 Å². The fraction of sp³-hybridized carbons (Fsp3) is 1.00. The Labute approximate surface area is 33.5 Å². The lowest BCUT2D eigenvalue weighted by molar-refractivity contribution is 0.502. The summed E-state index contributed by atoms with van der Waals surface area (Å²) in [4.78, 5) is 3.74. The number of rotatable bonds is 1. The predicted molar refractivity (Wildman–Crippen MR) is 24.3 cm³/mol. The molecule has 0 aliphatic rings. The molecule has 0 spiro atoms. The first kappa shape index (κ1) is 3.45. The highest BCUT2D eigenvalue weighted by Gasteiger charge is 1.92. The highest BCUT2D eigenvalue weighted by Crippen LogP contribution is 2.25. The molecule has 0 aromatic heterocycles. The molecule has 2 nitrogen and oxygen atoms in total. The van der Waals surface area contributed by atoms with Crippen molar-refractivity contribution in [2.24, 2.45) is 0 Å². The van der Waals surface area contributed by atoms with Crippen LogP contribution in [0.15, 0.2) is 0 Å². The molecule has 0 rings (SSSR count). The fourth-order valence-corrected chi connectivity index (χ4v) is 0. The number of hydrogen-bond donors (Lipinski definition) is 1. The second-order valence-electron chi connectivity index (χ2n) is 1.25. The third kappa shape index (κ3) is 333. The minimum Gasteiger partial charge on any atom is -0.352 e. The minimum atomic E-state index is -2.48. The van der Waals surface area contributed by atoms with Gasteiger partial charge in [-0.2, -0.15) is 0 Å². The van der Waals surface area contributed by atoms with Gasteiger partial charge in [0.15, 0.2) is 0 Å². The number of hydrogen-bond acceptors (Lipinski definition) is 2. The van der Waals surface area contributed by atoms with Gasteiger partial charge in [-0.25, -0.2) is 0 Å². The summed E-state index contributed by atoms with van der Waals surface area (Å²) in [5.74, 6) is 0. The van der Waals surface area contributed by atoms with Crippen molar-refractivity contribution in [1.29, 1.82) is 1.43 Å². The largest absolute Gasteiger partial charge is 0.352 e. The Balaban J connectivity index is 3.48. The molecule has 0 heterocycles. The molecule has 5 heavy (non-hydrogen) atoms. The Morgan fingerprint density at radius 3 is 2.60 bits per heavy atom. The Hall–Kier alpha value is 0.255. The molecule has 0 amide bonds. The summed E-state index contributed by atoms with van der Waals surface area (Å²) in [7, 11) is -1.09. The normalized spacial score (nSPS) is 23.8. The first-order chi connectivity index (χ1) is 2.56. The second-order valence-corrected chi connectivity index (χ2v) is 3.76. The van der Waals surface area contributed by atoms with Crippen molar-refractivity contribution in [2.75, 3.05) is 6.66 Å². The van der Waals surface area contributed by atoms with Crippen LogP contribution >= 0.6 is 7.25 Å². The summed E-state index contributed by atoms with van der Waals surface area (Å²) in [5, 5.41) is 0. The second kappa shape index (κ2) is 1.15. The summed E-state index contributed by atoms with van der Waals surface area (Å²) in [6, 6.07) is 0. The van der Waals surface area contributed by atoms with E-state index in [0.29, 0.717) is 0 Å². The van der Waals surface area contributed by atoms with Crippen molar-refractivity contribution in [3.8, 4) is 0 Å². The Morgan fingerprint density at radius 1 is 2.40 bits per heavy atom. The Bertz CT molecular complexity index is 77.6. The van der Waals surface area contributed by atoms with Gasteiger partial charge in [-0.05, 0) is 0 Å². The van der Waals surface area contributed by atoms with Crippen LogP contribution in [0.1, 0.15) is 0 Å². The maximum Gasteiger partial charge on any atom is 0.218 e. The van der Waals surface area contributed by atoms with Gasteiger partial charge >= 0.3 is 0 Å². The third-order valence-corrected chi connectivity index (χ3v) is 0. The van der Waals surface area contributed by atoms with Crippen LogP contribution in [0, 0.1) is 0 Å². The Kier molecular flexibility index (Phi) is 0.794. The quantitative estimate of drug-likeness (QED) is 0.348. The summed E-state index contributed by atoms with van der Waals surface area (Å²) in [6.45, 7) is 1.39. The van der Waals surface area contributed by atoms with Gasteiger partial charge in [0, 0.05) is 6.66 Å². The summed E-state index contributed by atoms with van der Waals surface area (Å²) in [5.41, 5.74) is 0. The molecule has 0 aliphatic heterocycles. The maximum atomic E-state index is 10.2.